The van der Waals surface area contributed by atoms with Gasteiger partial charge in [-0.05, 0) is 45.7 Å². The zero-order chi connectivity index (χ0) is 66.3. The Morgan fingerprint density at radius 1 is 0.517 bits per heavy atom. The summed E-state index contributed by atoms with van der Waals surface area (Å²) in [6, 6.07) is 17.9. The summed E-state index contributed by atoms with van der Waals surface area (Å²) < 4.78 is 73.4. The first-order valence-corrected chi connectivity index (χ1v) is 31.8. The Morgan fingerprint density at radius 2 is 0.828 bits per heavy atom. The lowest BCUT2D eigenvalue weighted by Crippen LogP contribution is -2.44. The molecule has 1 aliphatic rings. The van der Waals surface area contributed by atoms with Gasteiger partial charge in [0.25, 0.3) is 0 Å². The smallest absolute Gasteiger partial charge is 0.465 e. The summed E-state index contributed by atoms with van der Waals surface area (Å²) in [7, 11) is 0. The molecule has 3 rings (SSSR count). The van der Waals surface area contributed by atoms with E-state index in [9.17, 15) is 52.7 Å². The molecule has 0 bridgehead atoms. The van der Waals surface area contributed by atoms with Crippen LogP contribution in [0.3, 0.4) is 0 Å². The van der Waals surface area contributed by atoms with E-state index in [-0.39, 0.29) is 58.8 Å². The fraction of sp³-hybridized carbons (Fsp3) is 0.596. The predicted octanol–water partition coefficient (Wildman–Crippen LogP) is 8.03. The van der Waals surface area contributed by atoms with Gasteiger partial charge in [0, 0.05) is 34.9 Å². The minimum atomic E-state index is -1.81. The highest BCUT2D eigenvalue weighted by molar-refractivity contribution is 14.1. The van der Waals surface area contributed by atoms with Crippen molar-refractivity contribution in [2.24, 2.45) is 27.1 Å². The Bertz CT molecular complexity index is 2410. The van der Waals surface area contributed by atoms with Gasteiger partial charge in [-0.1, -0.05) is 165 Å². The number of esters is 7. The molecule has 3 atom stereocenters. The van der Waals surface area contributed by atoms with Gasteiger partial charge in [0.2, 0.25) is 0 Å². The minimum absolute atomic E-state index is 0. The van der Waals surface area contributed by atoms with Gasteiger partial charge in [-0.3, -0.25) is 38.4 Å². The molecule has 0 saturated carbocycles. The van der Waals surface area contributed by atoms with Crippen molar-refractivity contribution in [3.05, 3.63) is 71.8 Å². The van der Waals surface area contributed by atoms with Crippen LogP contribution in [-0.4, -0.2) is 180 Å². The molecule has 1 fully saturated rings. The maximum Gasteiger partial charge on any atom is 0.508 e. The molecule has 0 radical (unpaired) electrons. The van der Waals surface area contributed by atoms with Crippen molar-refractivity contribution in [2.75, 3.05) is 104 Å². The molecule has 0 amide bonds. The van der Waals surface area contributed by atoms with E-state index >= 15 is 0 Å². The first-order chi connectivity index (χ1) is 40.9. The molecule has 1 heterocycles. The molecule has 2 aromatic carbocycles. The number of cyclic esters (lactones) is 2. The van der Waals surface area contributed by atoms with Gasteiger partial charge in [0.05, 0.1) is 17.6 Å². The van der Waals surface area contributed by atoms with Crippen molar-refractivity contribution < 1.29 is 126 Å². The number of hydrogen-bond acceptors (Lipinski definition) is 26. The van der Waals surface area contributed by atoms with Crippen molar-refractivity contribution >= 4 is 156 Å². The van der Waals surface area contributed by atoms with Gasteiger partial charge in [-0.15, -0.1) is 0 Å². The van der Waals surface area contributed by atoms with Gasteiger partial charge in [-0.2, -0.15) is 0 Å². The SMILES string of the molecule is C.CC(=O)OCC(C)(COC(=O)OCC(C)(COC(=O)OCC(C)(COC(C)=O)C(=O)OCCI)C(=O)OCc1ccccc1)C(=O)OCCI.CC(CO)(CO)C(=O)OCc1ccccc1.CC1(C(=O)OCCI)COC(=O)OC1.[3H]C(I)C(=O)CC. The number of halogens is 4. The van der Waals surface area contributed by atoms with E-state index in [2.05, 4.69) is 32.1 Å². The van der Waals surface area contributed by atoms with E-state index in [1.807, 2.05) is 75.5 Å². The summed E-state index contributed by atoms with van der Waals surface area (Å²) >= 11 is 7.88. The van der Waals surface area contributed by atoms with Crippen LogP contribution >= 0.6 is 90.4 Å². The molecule has 87 heavy (non-hydrogen) atoms. The molecular formula is C57H80I4O26. The number of ether oxygens (including phenoxy) is 13. The van der Waals surface area contributed by atoms with Crippen LogP contribution in [0.5, 0.6) is 0 Å². The summed E-state index contributed by atoms with van der Waals surface area (Å²) in [5, 5.41) is 18.0. The predicted molar refractivity (Wildman–Crippen MR) is 343 cm³/mol. The topological polar surface area (TPSA) is 348 Å². The first-order valence-electron chi connectivity index (χ1n) is 26.5. The van der Waals surface area contributed by atoms with E-state index in [0.717, 1.165) is 23.8 Å². The molecule has 26 nitrogen and oxygen atoms in total. The molecule has 1 aliphatic heterocycles. The molecule has 0 spiro atoms. The maximum atomic E-state index is 13.3. The average Bonchev–Trinajstić information content (AvgIpc) is 3.72. The van der Waals surface area contributed by atoms with E-state index in [0.29, 0.717) is 27.4 Å². The number of Topliss-reactive ketones (excluding diaryl/α,β-unsaturated/α-hetero) is 1. The minimum Gasteiger partial charge on any atom is -0.465 e. The number of hydrogen-bond donors (Lipinski definition) is 2. The summed E-state index contributed by atoms with van der Waals surface area (Å²) in [4.78, 5) is 131. The second kappa shape index (κ2) is 45.3. The fourth-order valence-electron chi connectivity index (χ4n) is 5.56. The lowest BCUT2D eigenvalue weighted by atomic mass is 9.93. The largest absolute Gasteiger partial charge is 0.508 e. The Hall–Kier alpha value is -4.95. The molecular weight excluding hydrogens is 1610 g/mol. The number of carbonyl (C=O) groups is 11. The maximum absolute atomic E-state index is 13.3. The normalized spacial score (nSPS) is 14.5. The number of aliphatic hydroxyl groups is 2. The second-order valence-corrected chi connectivity index (χ2v) is 23.5. The first kappa shape index (κ1) is 82.0. The monoisotopic (exact) mass is 1690 g/mol. The highest BCUT2D eigenvalue weighted by Gasteiger charge is 2.44. The van der Waals surface area contributed by atoms with Crippen LogP contribution in [0.2, 0.25) is 0 Å². The number of ketones is 1. The van der Waals surface area contributed by atoms with Gasteiger partial charge in [-0.25, -0.2) is 14.4 Å². The van der Waals surface area contributed by atoms with Crippen molar-refractivity contribution in [3.63, 3.8) is 0 Å². The highest BCUT2D eigenvalue weighted by Crippen LogP contribution is 2.27. The second-order valence-electron chi connectivity index (χ2n) is 19.7. The zero-order valence-electron chi connectivity index (χ0n) is 50.0. The third-order valence-corrected chi connectivity index (χ3v) is 13.2. The number of rotatable bonds is 31. The Labute approximate surface area is 562 Å². The Morgan fingerprint density at radius 3 is 1.11 bits per heavy atom. The van der Waals surface area contributed by atoms with E-state index in [4.69, 9.17) is 63.7 Å². The highest BCUT2D eigenvalue weighted by atomic mass is 127. The number of aliphatic hydroxyl groups excluding tert-OH is 2. The molecule has 0 aromatic heterocycles. The van der Waals surface area contributed by atoms with Crippen LogP contribution in [0.1, 0.15) is 81.7 Å². The zero-order valence-corrected chi connectivity index (χ0v) is 57.6. The number of alkyl halides is 4. The molecule has 0 aliphatic carbocycles. The van der Waals surface area contributed by atoms with E-state index in [1.165, 1.54) is 27.7 Å². The molecule has 2 N–H and O–H groups in total. The molecule has 2 aromatic rings. The quantitative estimate of drug-likeness (QED) is 0.0312. The van der Waals surface area contributed by atoms with Gasteiger partial charge >= 0.3 is 60.3 Å². The molecule has 30 heteroatoms. The molecule has 1 saturated heterocycles. The average molecular weight is 1690 g/mol. The summed E-state index contributed by atoms with van der Waals surface area (Å²) in [5.41, 5.74) is -5.54. The molecule has 3 unspecified atom stereocenters. The molecule has 492 valence electrons. The van der Waals surface area contributed by atoms with Crippen LogP contribution in [0.15, 0.2) is 60.7 Å². The van der Waals surface area contributed by atoms with Crippen molar-refractivity contribution in [1.82, 2.24) is 0 Å². The third-order valence-electron chi connectivity index (χ3n) is 11.2. The number of carbonyl (C=O) groups excluding carboxylic acids is 11. The van der Waals surface area contributed by atoms with Crippen LogP contribution in [0.4, 0.5) is 14.4 Å². The van der Waals surface area contributed by atoms with Crippen molar-refractivity contribution in [1.29, 1.82) is 0 Å². The van der Waals surface area contributed by atoms with Crippen molar-refractivity contribution in [3.8, 4) is 0 Å². The van der Waals surface area contributed by atoms with Crippen LogP contribution in [0.25, 0.3) is 0 Å². The van der Waals surface area contributed by atoms with Gasteiger partial charge < -0.3 is 71.8 Å². The summed E-state index contributed by atoms with van der Waals surface area (Å²) in [6.45, 7) is 7.27. The third kappa shape index (κ3) is 34.6. The van der Waals surface area contributed by atoms with Crippen LogP contribution in [0, 0.1) is 27.1 Å². The fourth-order valence-corrected chi connectivity index (χ4v) is 6.66. The van der Waals surface area contributed by atoms with E-state index in [1.54, 1.807) is 66.8 Å². The van der Waals surface area contributed by atoms with Crippen molar-refractivity contribution in [2.45, 2.75) is 82.5 Å². The summed E-state index contributed by atoms with van der Waals surface area (Å²) in [6.07, 6.45) is -2.87. The van der Waals surface area contributed by atoms with Gasteiger partial charge in [0.15, 0.2) is 0 Å². The van der Waals surface area contributed by atoms with Crippen LogP contribution in [-0.2, 0) is 113 Å². The number of benzene rings is 2. The Kier molecular flexibility index (Phi) is 42.7. The lowest BCUT2D eigenvalue weighted by molar-refractivity contribution is -0.167. The summed E-state index contributed by atoms with van der Waals surface area (Å²) in [5.74, 6) is -4.82. The standard InChI is InChI=1S/C32H42I2O16.C12H16O4.C8H11IO5.C4H7IO.CH4/c1-22(35)45-16-30(3,25(37)42-13-11-33)18-47-28(40)49-20-32(5,27(39)44-15-24-9-7-6-8-10-24)21-50-29(41)48-19-31(4,17-46-23(2)36)26(38)43-14-12-34;1-12(8-13,9-14)11(15)16-7-10-5-3-2-4-6-10;1-8(6(10)12-3-2-9)4-13-7(11)14-5-8;1-2-4(6)3-5;/h6-10H,11-21H2,1-5H3;2-6,13-14H,7-9H2,1H3;2-5H2,1H3;2-3H2,1H3;1H4/i;;;3T;. The van der Waals surface area contributed by atoms with Crippen LogP contribution < -0.4 is 0 Å². The lowest BCUT2D eigenvalue weighted by Gasteiger charge is -2.29. The van der Waals surface area contributed by atoms with E-state index < -0.39 is 139 Å². The Balaban J connectivity index is 0. The van der Waals surface area contributed by atoms with Gasteiger partial charge in [0.1, 0.15) is 119 Å².